The first-order valence-corrected chi connectivity index (χ1v) is 10.7. The van der Waals surface area contributed by atoms with Crippen molar-refractivity contribution in [2.45, 2.75) is 13.0 Å². The summed E-state index contributed by atoms with van der Waals surface area (Å²) in [6, 6.07) is 13.1. The molecule has 3 aromatic rings. The number of halogens is 1. The van der Waals surface area contributed by atoms with Crippen molar-refractivity contribution in [1.82, 2.24) is 14.9 Å². The minimum Gasteiger partial charge on any atom is -0.399 e. The van der Waals surface area contributed by atoms with Crippen LogP contribution in [0.15, 0.2) is 48.5 Å². The Bertz CT molecular complexity index is 1130. The fourth-order valence-corrected chi connectivity index (χ4v) is 4.16. The van der Waals surface area contributed by atoms with Crippen molar-refractivity contribution >= 4 is 17.4 Å². The van der Waals surface area contributed by atoms with E-state index in [1.807, 2.05) is 24.3 Å². The molecule has 0 unspecified atom stereocenters. The number of benzene rings is 2. The maximum Gasteiger partial charge on any atom is 0.254 e. The van der Waals surface area contributed by atoms with Gasteiger partial charge in [-0.15, -0.1) is 0 Å². The summed E-state index contributed by atoms with van der Waals surface area (Å²) in [4.78, 5) is 26.8. The van der Waals surface area contributed by atoms with Crippen LogP contribution in [0.25, 0.3) is 11.4 Å². The Labute approximate surface area is 185 Å². The molecule has 0 atom stereocenters. The fourth-order valence-electron chi connectivity index (χ4n) is 4.16. The Kier molecular flexibility index (Phi) is 5.45. The smallest absolute Gasteiger partial charge is 0.254 e. The van der Waals surface area contributed by atoms with Crippen LogP contribution in [-0.4, -0.2) is 53.6 Å². The van der Waals surface area contributed by atoms with Gasteiger partial charge in [0.15, 0.2) is 5.82 Å². The predicted octanol–water partition coefficient (Wildman–Crippen LogP) is 2.90. The van der Waals surface area contributed by atoms with Crippen LogP contribution in [0, 0.1) is 5.82 Å². The van der Waals surface area contributed by atoms with E-state index in [1.165, 1.54) is 24.3 Å². The number of fused-ring (bicyclic) bond motifs is 1. The molecule has 0 saturated carbocycles. The second-order valence-corrected chi connectivity index (χ2v) is 8.00. The number of morpholine rings is 1. The molecular weight excluding hydrogens is 409 g/mol. The molecule has 164 valence electrons. The van der Waals surface area contributed by atoms with Crippen LogP contribution in [0.4, 0.5) is 15.9 Å². The second-order valence-electron chi connectivity index (χ2n) is 8.00. The van der Waals surface area contributed by atoms with E-state index in [0.29, 0.717) is 49.8 Å². The van der Waals surface area contributed by atoms with Gasteiger partial charge in [-0.1, -0.05) is 0 Å². The first kappa shape index (κ1) is 20.4. The summed E-state index contributed by atoms with van der Waals surface area (Å²) < 4.78 is 18.8. The third-order valence-electron chi connectivity index (χ3n) is 5.90. The Balaban J connectivity index is 1.51. The first-order chi connectivity index (χ1) is 15.6. The molecule has 2 aliphatic heterocycles. The van der Waals surface area contributed by atoms with Gasteiger partial charge in [-0.2, -0.15) is 0 Å². The van der Waals surface area contributed by atoms with Crippen molar-refractivity contribution in [1.29, 1.82) is 0 Å². The molecule has 0 bridgehead atoms. The lowest BCUT2D eigenvalue weighted by Crippen LogP contribution is -2.41. The molecule has 2 N–H and O–H groups in total. The zero-order valence-corrected chi connectivity index (χ0v) is 17.6. The van der Waals surface area contributed by atoms with Gasteiger partial charge >= 0.3 is 0 Å². The van der Waals surface area contributed by atoms with E-state index in [1.54, 1.807) is 4.90 Å². The van der Waals surface area contributed by atoms with Crippen molar-refractivity contribution in [2.24, 2.45) is 0 Å². The standard InChI is InChI=1S/C24H24FN5O2/c25-18-5-1-17(2-6-18)24(31)30-10-9-20-21(15-30)27-22(16-3-7-19(26)8-4-16)28-23(20)29-11-13-32-14-12-29/h1-8H,9-15,26H2. The molecule has 0 spiro atoms. The van der Waals surface area contributed by atoms with Crippen LogP contribution in [-0.2, 0) is 17.7 Å². The lowest BCUT2D eigenvalue weighted by atomic mass is 10.0. The molecule has 3 heterocycles. The summed E-state index contributed by atoms with van der Waals surface area (Å²) in [5.74, 6) is 1.04. The number of nitrogens with zero attached hydrogens (tertiary/aromatic N) is 4. The van der Waals surface area contributed by atoms with Gasteiger partial charge < -0.3 is 20.3 Å². The summed E-state index contributed by atoms with van der Waals surface area (Å²) in [5.41, 5.74) is 9.79. The van der Waals surface area contributed by atoms with Crippen molar-refractivity contribution in [3.8, 4) is 11.4 Å². The van der Waals surface area contributed by atoms with Crippen LogP contribution in [0.5, 0.6) is 0 Å². The third kappa shape index (κ3) is 4.01. The highest BCUT2D eigenvalue weighted by Gasteiger charge is 2.28. The zero-order chi connectivity index (χ0) is 22.1. The predicted molar refractivity (Wildman–Crippen MR) is 120 cm³/mol. The monoisotopic (exact) mass is 433 g/mol. The number of hydrogen-bond acceptors (Lipinski definition) is 6. The molecule has 0 radical (unpaired) electrons. The lowest BCUT2D eigenvalue weighted by Gasteiger charge is -2.34. The molecular formula is C24H24FN5O2. The number of carbonyl (C=O) groups is 1. The van der Waals surface area contributed by atoms with Crippen molar-refractivity contribution in [2.75, 3.05) is 43.5 Å². The maximum absolute atomic E-state index is 13.3. The van der Waals surface area contributed by atoms with Crippen molar-refractivity contribution in [3.05, 3.63) is 71.2 Å². The largest absolute Gasteiger partial charge is 0.399 e. The minimum absolute atomic E-state index is 0.129. The molecule has 1 fully saturated rings. The van der Waals surface area contributed by atoms with Crippen LogP contribution in [0.1, 0.15) is 21.6 Å². The number of ether oxygens (including phenoxy) is 1. The molecule has 7 nitrogen and oxygen atoms in total. The highest BCUT2D eigenvalue weighted by atomic mass is 19.1. The van der Waals surface area contributed by atoms with Gasteiger partial charge in [0.25, 0.3) is 5.91 Å². The van der Waals surface area contributed by atoms with Crippen LogP contribution in [0.3, 0.4) is 0 Å². The van der Waals surface area contributed by atoms with Crippen LogP contribution in [0.2, 0.25) is 0 Å². The number of amides is 1. The molecule has 5 rings (SSSR count). The number of anilines is 2. The SMILES string of the molecule is Nc1ccc(-c2nc3c(c(N4CCOCC4)n2)CCN(C(=O)c2ccc(F)cc2)C3)cc1. The summed E-state index contributed by atoms with van der Waals surface area (Å²) in [6.07, 6.45) is 0.664. The minimum atomic E-state index is -0.360. The first-order valence-electron chi connectivity index (χ1n) is 10.7. The molecule has 1 saturated heterocycles. The zero-order valence-electron chi connectivity index (χ0n) is 17.6. The number of carbonyl (C=O) groups excluding carboxylic acids is 1. The average Bonchev–Trinajstić information content (AvgIpc) is 2.84. The summed E-state index contributed by atoms with van der Waals surface area (Å²) in [7, 11) is 0. The van der Waals surface area contributed by atoms with E-state index in [2.05, 4.69) is 4.90 Å². The summed E-state index contributed by atoms with van der Waals surface area (Å²) >= 11 is 0. The Morgan fingerprint density at radius 1 is 0.969 bits per heavy atom. The summed E-state index contributed by atoms with van der Waals surface area (Å²) in [5, 5.41) is 0. The summed E-state index contributed by atoms with van der Waals surface area (Å²) in [6.45, 7) is 3.79. The van der Waals surface area contributed by atoms with Crippen LogP contribution >= 0.6 is 0 Å². The van der Waals surface area contributed by atoms with Gasteiger partial charge in [0, 0.05) is 42.0 Å². The molecule has 0 aliphatic carbocycles. The van der Waals surface area contributed by atoms with Gasteiger partial charge in [0.05, 0.1) is 25.5 Å². The molecule has 32 heavy (non-hydrogen) atoms. The quantitative estimate of drug-likeness (QED) is 0.640. The number of hydrogen-bond donors (Lipinski definition) is 1. The molecule has 1 amide bonds. The highest BCUT2D eigenvalue weighted by molar-refractivity contribution is 5.94. The Hall–Kier alpha value is -3.52. The van der Waals surface area contributed by atoms with E-state index >= 15 is 0 Å². The normalized spacial score (nSPS) is 16.0. The van der Waals surface area contributed by atoms with Gasteiger partial charge in [0.1, 0.15) is 11.6 Å². The molecule has 2 aromatic carbocycles. The number of rotatable bonds is 3. The third-order valence-corrected chi connectivity index (χ3v) is 5.90. The Morgan fingerprint density at radius 2 is 1.69 bits per heavy atom. The second kappa shape index (κ2) is 8.55. The lowest BCUT2D eigenvalue weighted by molar-refractivity contribution is 0.0731. The van der Waals surface area contributed by atoms with E-state index in [0.717, 1.165) is 35.7 Å². The van der Waals surface area contributed by atoms with Gasteiger partial charge in [-0.25, -0.2) is 14.4 Å². The van der Waals surface area contributed by atoms with Crippen molar-refractivity contribution in [3.63, 3.8) is 0 Å². The molecule has 1 aromatic heterocycles. The number of nitrogen functional groups attached to an aromatic ring is 1. The average molecular weight is 433 g/mol. The van der Waals surface area contributed by atoms with Crippen LogP contribution < -0.4 is 10.6 Å². The van der Waals surface area contributed by atoms with Gasteiger partial charge in [0.2, 0.25) is 0 Å². The van der Waals surface area contributed by atoms with Gasteiger partial charge in [-0.3, -0.25) is 4.79 Å². The maximum atomic E-state index is 13.3. The molecule has 2 aliphatic rings. The number of aromatic nitrogens is 2. The van der Waals surface area contributed by atoms with E-state index < -0.39 is 0 Å². The fraction of sp³-hybridized carbons (Fsp3) is 0.292. The van der Waals surface area contributed by atoms with E-state index in [-0.39, 0.29) is 11.7 Å². The number of nitrogens with two attached hydrogens (primary N) is 1. The topological polar surface area (TPSA) is 84.6 Å². The Morgan fingerprint density at radius 3 is 2.41 bits per heavy atom. The van der Waals surface area contributed by atoms with E-state index in [9.17, 15) is 9.18 Å². The van der Waals surface area contributed by atoms with E-state index in [4.69, 9.17) is 20.4 Å². The van der Waals surface area contributed by atoms with Crippen molar-refractivity contribution < 1.29 is 13.9 Å². The highest BCUT2D eigenvalue weighted by Crippen LogP contribution is 2.31. The van der Waals surface area contributed by atoms with Gasteiger partial charge in [-0.05, 0) is 55.0 Å². The molecule has 8 heteroatoms.